The fourth-order valence-electron chi connectivity index (χ4n) is 2.61. The summed E-state index contributed by atoms with van der Waals surface area (Å²) in [5, 5.41) is 4.90. The zero-order valence-corrected chi connectivity index (χ0v) is 14.5. The Hall–Kier alpha value is -3.61. The first-order chi connectivity index (χ1) is 13.2. The molecule has 0 radical (unpaired) electrons. The van der Waals surface area contributed by atoms with Crippen molar-refractivity contribution in [3.63, 3.8) is 0 Å². The largest absolute Gasteiger partial charge is 0.477 e. The molecule has 0 fully saturated rings. The van der Waals surface area contributed by atoms with E-state index < -0.39 is 5.97 Å². The number of benzene rings is 1. The predicted molar refractivity (Wildman–Crippen MR) is 96.2 cm³/mol. The van der Waals surface area contributed by atoms with E-state index in [0.29, 0.717) is 23.8 Å². The highest BCUT2D eigenvalue weighted by atomic mass is 16.5. The third-order valence-corrected chi connectivity index (χ3v) is 3.85. The molecule has 0 saturated carbocycles. The van der Waals surface area contributed by atoms with Crippen molar-refractivity contribution < 1.29 is 23.2 Å². The van der Waals surface area contributed by atoms with Crippen molar-refractivity contribution in [1.29, 1.82) is 0 Å². The Labute approximate surface area is 154 Å². The Kier molecular flexibility index (Phi) is 4.57. The number of esters is 1. The molecule has 0 spiro atoms. The maximum atomic E-state index is 12.3. The molecular formula is C20H16N2O5. The van der Waals surface area contributed by atoms with Crippen molar-refractivity contribution >= 4 is 16.9 Å². The maximum Gasteiger partial charge on any atom is 0.344 e. The highest BCUT2D eigenvalue weighted by Crippen LogP contribution is 2.28. The summed E-state index contributed by atoms with van der Waals surface area (Å²) in [4.78, 5) is 16.3. The smallest absolute Gasteiger partial charge is 0.344 e. The summed E-state index contributed by atoms with van der Waals surface area (Å²) in [7, 11) is 0. The second kappa shape index (κ2) is 7.33. The molecule has 4 aromatic rings. The average molecular weight is 364 g/mol. The van der Waals surface area contributed by atoms with Crippen LogP contribution in [0.2, 0.25) is 0 Å². The van der Waals surface area contributed by atoms with Crippen LogP contribution >= 0.6 is 0 Å². The van der Waals surface area contributed by atoms with Gasteiger partial charge >= 0.3 is 5.97 Å². The number of fused-ring (bicyclic) bond motifs is 1. The minimum absolute atomic E-state index is 0.0387. The van der Waals surface area contributed by atoms with E-state index in [0.717, 1.165) is 11.0 Å². The van der Waals surface area contributed by atoms with E-state index in [1.807, 2.05) is 37.3 Å². The van der Waals surface area contributed by atoms with Crippen LogP contribution < -0.4 is 4.74 Å². The summed E-state index contributed by atoms with van der Waals surface area (Å²) in [6.45, 7) is 2.18. The van der Waals surface area contributed by atoms with Gasteiger partial charge in [-0.25, -0.2) is 9.78 Å². The molecule has 3 aromatic heterocycles. The van der Waals surface area contributed by atoms with Gasteiger partial charge in [0.25, 0.3) is 0 Å². The fraction of sp³-hybridized carbons (Fsp3) is 0.150. The van der Waals surface area contributed by atoms with Crippen molar-refractivity contribution in [2.24, 2.45) is 0 Å². The second-order valence-electron chi connectivity index (χ2n) is 5.70. The van der Waals surface area contributed by atoms with E-state index in [-0.39, 0.29) is 18.1 Å². The lowest BCUT2D eigenvalue weighted by molar-refractivity contribution is 0.0459. The van der Waals surface area contributed by atoms with Crippen LogP contribution in [0.25, 0.3) is 22.5 Å². The quantitative estimate of drug-likeness (QED) is 0.473. The highest BCUT2D eigenvalue weighted by molar-refractivity contribution is 5.91. The first-order valence-corrected chi connectivity index (χ1v) is 8.44. The van der Waals surface area contributed by atoms with E-state index in [1.165, 1.54) is 0 Å². The zero-order valence-electron chi connectivity index (χ0n) is 14.5. The Morgan fingerprint density at radius 3 is 2.85 bits per heavy atom. The average Bonchev–Trinajstić information content (AvgIpc) is 3.33. The van der Waals surface area contributed by atoms with E-state index in [4.69, 9.17) is 18.4 Å². The van der Waals surface area contributed by atoms with Crippen molar-refractivity contribution in [3.05, 3.63) is 66.0 Å². The monoisotopic (exact) mass is 364 g/mol. The fourth-order valence-corrected chi connectivity index (χ4v) is 2.61. The third-order valence-electron chi connectivity index (χ3n) is 3.85. The Balaban J connectivity index is 1.46. The van der Waals surface area contributed by atoms with E-state index in [9.17, 15) is 4.79 Å². The lowest BCUT2D eigenvalue weighted by atomic mass is 10.2. The van der Waals surface area contributed by atoms with Gasteiger partial charge in [0.15, 0.2) is 5.76 Å². The van der Waals surface area contributed by atoms with Gasteiger partial charge in [-0.3, -0.25) is 0 Å². The third kappa shape index (κ3) is 3.52. The summed E-state index contributed by atoms with van der Waals surface area (Å²) >= 11 is 0. The van der Waals surface area contributed by atoms with E-state index >= 15 is 0 Å². The first-order valence-electron chi connectivity index (χ1n) is 8.44. The number of furan rings is 1. The molecule has 7 heteroatoms. The number of aromatic nitrogens is 2. The summed E-state index contributed by atoms with van der Waals surface area (Å²) in [6.07, 6.45) is 1.55. The standard InChI is InChI=1S/C20H16N2O5/c1-2-24-19-15(7-5-9-21-19)20(23)25-12-14-11-18(27-22-14)17-10-13-6-3-4-8-16(13)26-17/h3-11H,2,12H2,1H3. The van der Waals surface area contributed by atoms with Gasteiger partial charge in [0.2, 0.25) is 11.6 Å². The Morgan fingerprint density at radius 1 is 1.11 bits per heavy atom. The number of carbonyl (C=O) groups excluding carboxylic acids is 1. The normalized spacial score (nSPS) is 10.9. The molecule has 0 N–H and O–H groups in total. The summed E-state index contributed by atoms with van der Waals surface area (Å²) in [6, 6.07) is 14.5. The molecule has 3 heterocycles. The SMILES string of the molecule is CCOc1ncccc1C(=O)OCc1cc(-c2cc3ccccc3o2)on1. The molecule has 136 valence electrons. The summed E-state index contributed by atoms with van der Waals surface area (Å²) in [5.74, 6) is 0.730. The number of ether oxygens (including phenoxy) is 2. The number of para-hydroxylation sites is 1. The van der Waals surface area contributed by atoms with Crippen LogP contribution in [0, 0.1) is 0 Å². The first kappa shape index (κ1) is 16.8. The molecule has 1 aromatic carbocycles. The zero-order chi connectivity index (χ0) is 18.6. The van der Waals surface area contributed by atoms with Crippen LogP contribution in [0.4, 0.5) is 0 Å². The number of hydrogen-bond acceptors (Lipinski definition) is 7. The Morgan fingerprint density at radius 2 is 2.00 bits per heavy atom. The van der Waals surface area contributed by atoms with Crippen molar-refractivity contribution in [1.82, 2.24) is 10.1 Å². The van der Waals surface area contributed by atoms with Gasteiger partial charge in [-0.2, -0.15) is 0 Å². The van der Waals surface area contributed by atoms with Gasteiger partial charge in [-0.15, -0.1) is 0 Å². The van der Waals surface area contributed by atoms with Crippen LogP contribution in [0.1, 0.15) is 23.0 Å². The lowest BCUT2D eigenvalue weighted by Gasteiger charge is -2.07. The number of carbonyl (C=O) groups is 1. The van der Waals surface area contributed by atoms with Gasteiger partial charge in [-0.1, -0.05) is 23.4 Å². The van der Waals surface area contributed by atoms with Crippen LogP contribution in [0.15, 0.2) is 63.7 Å². The molecule has 27 heavy (non-hydrogen) atoms. The van der Waals surface area contributed by atoms with Crippen molar-refractivity contribution in [3.8, 4) is 17.4 Å². The number of rotatable bonds is 6. The lowest BCUT2D eigenvalue weighted by Crippen LogP contribution is -2.09. The van der Waals surface area contributed by atoms with Crippen LogP contribution in [-0.2, 0) is 11.3 Å². The number of hydrogen-bond donors (Lipinski definition) is 0. The molecule has 0 saturated heterocycles. The van der Waals surface area contributed by atoms with E-state index in [2.05, 4.69) is 10.1 Å². The van der Waals surface area contributed by atoms with Gasteiger partial charge in [0, 0.05) is 17.6 Å². The topological polar surface area (TPSA) is 87.6 Å². The van der Waals surface area contributed by atoms with Crippen molar-refractivity contribution in [2.75, 3.05) is 6.61 Å². The van der Waals surface area contributed by atoms with Gasteiger partial charge < -0.3 is 18.4 Å². The molecule has 0 amide bonds. The minimum Gasteiger partial charge on any atom is -0.477 e. The Bertz CT molecular complexity index is 1050. The molecule has 0 unspecified atom stereocenters. The van der Waals surface area contributed by atoms with Crippen molar-refractivity contribution in [2.45, 2.75) is 13.5 Å². The molecular weight excluding hydrogens is 348 g/mol. The number of pyridine rings is 1. The minimum atomic E-state index is -0.542. The molecule has 0 bridgehead atoms. The van der Waals surface area contributed by atoms with E-state index in [1.54, 1.807) is 24.4 Å². The summed E-state index contributed by atoms with van der Waals surface area (Å²) in [5.41, 5.74) is 1.50. The molecule has 7 nitrogen and oxygen atoms in total. The van der Waals surface area contributed by atoms with Crippen LogP contribution in [0.3, 0.4) is 0 Å². The molecule has 4 rings (SSSR count). The second-order valence-corrected chi connectivity index (χ2v) is 5.70. The van der Waals surface area contributed by atoms with Gasteiger partial charge in [-0.05, 0) is 31.2 Å². The summed E-state index contributed by atoms with van der Waals surface area (Å²) < 4.78 is 21.7. The highest BCUT2D eigenvalue weighted by Gasteiger charge is 2.17. The van der Waals surface area contributed by atoms with Crippen LogP contribution in [0.5, 0.6) is 5.88 Å². The molecule has 0 aliphatic rings. The van der Waals surface area contributed by atoms with Crippen LogP contribution in [-0.4, -0.2) is 22.7 Å². The van der Waals surface area contributed by atoms with Gasteiger partial charge in [0.05, 0.1) is 6.61 Å². The maximum absolute atomic E-state index is 12.3. The molecule has 0 atom stereocenters. The number of nitrogens with zero attached hydrogens (tertiary/aromatic N) is 2. The molecule has 0 aliphatic heterocycles. The van der Waals surface area contributed by atoms with Gasteiger partial charge in [0.1, 0.15) is 23.4 Å². The molecule has 0 aliphatic carbocycles. The predicted octanol–water partition coefficient (Wildman–Crippen LogP) is 4.24.